The van der Waals surface area contributed by atoms with Crippen LogP contribution in [0, 0.1) is 13.8 Å². The normalized spacial score (nSPS) is 10.5. The molecular formula is C10H11N3OS. The minimum Gasteiger partial charge on any atom is -0.330 e. The highest BCUT2D eigenvalue weighted by molar-refractivity contribution is 7.11. The van der Waals surface area contributed by atoms with Crippen LogP contribution < -0.4 is 0 Å². The summed E-state index contributed by atoms with van der Waals surface area (Å²) in [6.07, 6.45) is 4.11. The summed E-state index contributed by atoms with van der Waals surface area (Å²) < 4.78 is 1.86. The van der Waals surface area contributed by atoms with Crippen molar-refractivity contribution in [3.63, 3.8) is 0 Å². The third-order valence-electron chi connectivity index (χ3n) is 2.16. The zero-order valence-electron chi connectivity index (χ0n) is 8.60. The first kappa shape index (κ1) is 10.0. The zero-order valence-corrected chi connectivity index (χ0v) is 9.41. The van der Waals surface area contributed by atoms with Crippen LogP contribution >= 0.6 is 11.3 Å². The van der Waals surface area contributed by atoms with E-state index in [2.05, 4.69) is 16.9 Å². The van der Waals surface area contributed by atoms with Crippen molar-refractivity contribution in [2.75, 3.05) is 0 Å². The van der Waals surface area contributed by atoms with E-state index < -0.39 is 0 Å². The van der Waals surface area contributed by atoms with Gasteiger partial charge in [0.2, 0.25) is 0 Å². The third kappa shape index (κ3) is 2.12. The van der Waals surface area contributed by atoms with E-state index in [1.807, 2.05) is 11.5 Å². The van der Waals surface area contributed by atoms with Crippen molar-refractivity contribution in [3.8, 4) is 0 Å². The molecule has 0 spiro atoms. The predicted molar refractivity (Wildman–Crippen MR) is 58.3 cm³/mol. The largest absolute Gasteiger partial charge is 0.330 e. The van der Waals surface area contributed by atoms with Gasteiger partial charge in [0, 0.05) is 11.1 Å². The predicted octanol–water partition coefficient (Wildman–Crippen LogP) is 1.82. The van der Waals surface area contributed by atoms with Gasteiger partial charge in [-0.25, -0.2) is 9.97 Å². The van der Waals surface area contributed by atoms with Crippen LogP contribution in [0.15, 0.2) is 12.5 Å². The standard InChI is InChI=1S/C10H11N3OS/c1-7-8(2)15-10(12-7)4-13-3-9(5-14)11-6-13/h3,5-6H,4H2,1-2H3. The molecule has 0 saturated heterocycles. The van der Waals surface area contributed by atoms with Gasteiger partial charge in [0.25, 0.3) is 0 Å². The van der Waals surface area contributed by atoms with Gasteiger partial charge in [-0.3, -0.25) is 4.79 Å². The van der Waals surface area contributed by atoms with Gasteiger partial charge in [0.15, 0.2) is 6.29 Å². The van der Waals surface area contributed by atoms with E-state index in [9.17, 15) is 4.79 Å². The van der Waals surface area contributed by atoms with Gasteiger partial charge in [-0.15, -0.1) is 11.3 Å². The SMILES string of the molecule is Cc1nc(Cn2cnc(C=O)c2)sc1C. The fraction of sp³-hybridized carbons (Fsp3) is 0.300. The zero-order chi connectivity index (χ0) is 10.8. The number of nitrogens with zero attached hydrogens (tertiary/aromatic N) is 3. The molecule has 0 bridgehead atoms. The Morgan fingerprint density at radius 3 is 2.87 bits per heavy atom. The monoisotopic (exact) mass is 221 g/mol. The van der Waals surface area contributed by atoms with Crippen LogP contribution in [0.1, 0.15) is 26.1 Å². The fourth-order valence-electron chi connectivity index (χ4n) is 1.29. The Balaban J connectivity index is 2.17. The van der Waals surface area contributed by atoms with Crippen LogP contribution in [0.25, 0.3) is 0 Å². The summed E-state index contributed by atoms with van der Waals surface area (Å²) in [7, 11) is 0. The van der Waals surface area contributed by atoms with Gasteiger partial charge in [-0.1, -0.05) is 0 Å². The number of carbonyl (C=O) groups excluding carboxylic acids is 1. The number of thiazole rings is 1. The Morgan fingerprint density at radius 2 is 2.33 bits per heavy atom. The summed E-state index contributed by atoms with van der Waals surface area (Å²) in [5.41, 5.74) is 1.53. The van der Waals surface area contributed by atoms with Crippen LogP contribution in [-0.2, 0) is 6.54 Å². The summed E-state index contributed by atoms with van der Waals surface area (Å²) in [5.74, 6) is 0. The molecule has 78 valence electrons. The average molecular weight is 221 g/mol. The molecule has 0 fully saturated rings. The summed E-state index contributed by atoms with van der Waals surface area (Å²) in [6.45, 7) is 4.74. The van der Waals surface area contributed by atoms with Crippen LogP contribution in [0.5, 0.6) is 0 Å². The smallest absolute Gasteiger partial charge is 0.169 e. The number of hydrogen-bond acceptors (Lipinski definition) is 4. The topological polar surface area (TPSA) is 47.8 Å². The Kier molecular flexibility index (Phi) is 2.64. The molecule has 4 nitrogen and oxygen atoms in total. The molecule has 2 rings (SSSR count). The van der Waals surface area contributed by atoms with Crippen LogP contribution in [-0.4, -0.2) is 20.8 Å². The highest BCUT2D eigenvalue weighted by atomic mass is 32.1. The molecule has 0 N–H and O–H groups in total. The Bertz CT molecular complexity index is 467. The molecule has 15 heavy (non-hydrogen) atoms. The van der Waals surface area contributed by atoms with Crippen molar-refractivity contribution in [1.29, 1.82) is 0 Å². The van der Waals surface area contributed by atoms with Gasteiger partial charge >= 0.3 is 0 Å². The van der Waals surface area contributed by atoms with Crippen molar-refractivity contribution < 1.29 is 4.79 Å². The molecule has 0 aliphatic carbocycles. The van der Waals surface area contributed by atoms with Crippen LogP contribution in [0.3, 0.4) is 0 Å². The number of hydrogen-bond donors (Lipinski definition) is 0. The summed E-state index contributed by atoms with van der Waals surface area (Å²) in [4.78, 5) is 20.0. The van der Waals surface area contributed by atoms with E-state index >= 15 is 0 Å². The Labute approximate surface area is 91.6 Å². The first-order valence-corrected chi connectivity index (χ1v) is 5.40. The van der Waals surface area contributed by atoms with Gasteiger partial charge in [0.1, 0.15) is 10.7 Å². The summed E-state index contributed by atoms with van der Waals surface area (Å²) in [5, 5.41) is 1.04. The fourth-order valence-corrected chi connectivity index (χ4v) is 2.23. The van der Waals surface area contributed by atoms with Crippen molar-refractivity contribution >= 4 is 17.6 Å². The first-order valence-electron chi connectivity index (χ1n) is 4.59. The lowest BCUT2D eigenvalue weighted by Gasteiger charge is -1.95. The lowest BCUT2D eigenvalue weighted by molar-refractivity contribution is 0.111. The van der Waals surface area contributed by atoms with E-state index in [0.29, 0.717) is 12.2 Å². The molecule has 0 atom stereocenters. The van der Waals surface area contributed by atoms with Gasteiger partial charge in [-0.05, 0) is 13.8 Å². The molecule has 0 aliphatic rings. The molecule has 0 unspecified atom stereocenters. The maximum absolute atomic E-state index is 10.4. The molecule has 0 radical (unpaired) electrons. The van der Waals surface area contributed by atoms with E-state index in [-0.39, 0.29) is 0 Å². The highest BCUT2D eigenvalue weighted by Crippen LogP contribution is 2.17. The van der Waals surface area contributed by atoms with Crippen molar-refractivity contribution in [3.05, 3.63) is 33.8 Å². The minimum atomic E-state index is 0.458. The van der Waals surface area contributed by atoms with Crippen molar-refractivity contribution in [2.24, 2.45) is 0 Å². The lowest BCUT2D eigenvalue weighted by Crippen LogP contribution is -1.95. The van der Waals surface area contributed by atoms with Crippen LogP contribution in [0.2, 0.25) is 0 Å². The number of rotatable bonds is 3. The van der Waals surface area contributed by atoms with E-state index in [4.69, 9.17) is 0 Å². The molecule has 2 aromatic rings. The van der Waals surface area contributed by atoms with Crippen LogP contribution in [0.4, 0.5) is 0 Å². The minimum absolute atomic E-state index is 0.458. The Hall–Kier alpha value is -1.49. The highest BCUT2D eigenvalue weighted by Gasteiger charge is 2.04. The molecule has 0 aromatic carbocycles. The molecular weight excluding hydrogens is 210 g/mol. The lowest BCUT2D eigenvalue weighted by atomic mass is 10.4. The quantitative estimate of drug-likeness (QED) is 0.743. The van der Waals surface area contributed by atoms with Gasteiger partial charge in [0.05, 0.1) is 18.6 Å². The Morgan fingerprint density at radius 1 is 1.53 bits per heavy atom. The van der Waals surface area contributed by atoms with Gasteiger partial charge in [-0.2, -0.15) is 0 Å². The maximum Gasteiger partial charge on any atom is 0.169 e. The number of carbonyl (C=O) groups is 1. The number of aromatic nitrogens is 3. The van der Waals surface area contributed by atoms with E-state index in [1.54, 1.807) is 23.9 Å². The molecule has 5 heteroatoms. The molecule has 2 aromatic heterocycles. The molecule has 0 amide bonds. The second-order valence-corrected chi connectivity index (χ2v) is 4.63. The second-order valence-electron chi connectivity index (χ2n) is 3.34. The summed E-state index contributed by atoms with van der Waals surface area (Å²) in [6, 6.07) is 0. The van der Waals surface area contributed by atoms with Crippen molar-refractivity contribution in [1.82, 2.24) is 14.5 Å². The van der Waals surface area contributed by atoms with Gasteiger partial charge < -0.3 is 4.57 Å². The van der Waals surface area contributed by atoms with Crippen molar-refractivity contribution in [2.45, 2.75) is 20.4 Å². The second kappa shape index (κ2) is 3.94. The molecule has 2 heterocycles. The first-order chi connectivity index (χ1) is 7.19. The number of imidazole rings is 1. The average Bonchev–Trinajstić information content (AvgIpc) is 2.76. The molecule has 0 saturated carbocycles. The summed E-state index contributed by atoms with van der Waals surface area (Å²) >= 11 is 1.68. The van der Waals surface area contributed by atoms with E-state index in [1.165, 1.54) is 4.88 Å². The maximum atomic E-state index is 10.4. The third-order valence-corrected chi connectivity index (χ3v) is 3.22. The number of aryl methyl sites for hydroxylation is 2. The molecule has 0 aliphatic heterocycles. The van der Waals surface area contributed by atoms with E-state index in [0.717, 1.165) is 17.0 Å². The number of aldehydes is 1.